The predicted octanol–water partition coefficient (Wildman–Crippen LogP) is 3.14. The van der Waals surface area contributed by atoms with Crippen LogP contribution in [-0.2, 0) is 4.79 Å². The fraction of sp³-hybridized carbons (Fsp3) is 0.636. The highest BCUT2D eigenvalue weighted by Crippen LogP contribution is 2.40. The Morgan fingerprint density at radius 3 is 2.57 bits per heavy atom. The maximum Gasteiger partial charge on any atom is 0.254 e. The number of hydrogen-bond donors (Lipinski definition) is 2. The Kier molecular flexibility index (Phi) is 7.00. The number of halogens is 1. The largest absolute Gasteiger partial charge is 0.350 e. The second-order valence-corrected chi connectivity index (χ2v) is 8.44. The molecule has 1 aromatic rings. The summed E-state index contributed by atoms with van der Waals surface area (Å²) < 4.78 is 0. The summed E-state index contributed by atoms with van der Waals surface area (Å²) in [4.78, 5) is 28.4. The molecule has 2 N–H and O–H groups in total. The Bertz CT molecular complexity index is 684. The average molecular weight is 406 g/mol. The Hall–Kier alpha value is -1.59. The van der Waals surface area contributed by atoms with Gasteiger partial charge in [0, 0.05) is 23.7 Å². The first-order valence-electron chi connectivity index (χ1n) is 10.6. The van der Waals surface area contributed by atoms with Crippen molar-refractivity contribution >= 4 is 24.2 Å². The molecular formula is C22H32ClN3O2. The van der Waals surface area contributed by atoms with Crippen molar-refractivity contribution in [3.63, 3.8) is 0 Å². The van der Waals surface area contributed by atoms with Crippen LogP contribution in [0, 0.1) is 5.92 Å². The fourth-order valence-electron chi connectivity index (χ4n) is 5.24. The number of nitrogens with one attached hydrogen (secondary N) is 2. The molecule has 1 aromatic carbocycles. The summed E-state index contributed by atoms with van der Waals surface area (Å²) in [5.41, 5.74) is 0.689. The Balaban J connectivity index is 0.00000225. The lowest BCUT2D eigenvalue weighted by Crippen LogP contribution is -2.56. The Morgan fingerprint density at radius 2 is 1.82 bits per heavy atom. The lowest BCUT2D eigenvalue weighted by molar-refractivity contribution is -0.126. The molecule has 2 saturated heterocycles. The van der Waals surface area contributed by atoms with Crippen LogP contribution in [0.5, 0.6) is 0 Å². The molecule has 3 fully saturated rings. The van der Waals surface area contributed by atoms with Gasteiger partial charge in [0.25, 0.3) is 5.91 Å². The maximum absolute atomic E-state index is 13.3. The number of benzene rings is 1. The summed E-state index contributed by atoms with van der Waals surface area (Å²) in [6, 6.07) is 9.75. The zero-order valence-corrected chi connectivity index (χ0v) is 17.4. The van der Waals surface area contributed by atoms with E-state index in [0.717, 1.165) is 45.1 Å². The lowest BCUT2D eigenvalue weighted by Gasteiger charge is -2.35. The second-order valence-electron chi connectivity index (χ2n) is 8.44. The molecule has 1 saturated carbocycles. The summed E-state index contributed by atoms with van der Waals surface area (Å²) in [7, 11) is 0. The highest BCUT2D eigenvalue weighted by atomic mass is 35.5. The predicted molar refractivity (Wildman–Crippen MR) is 113 cm³/mol. The van der Waals surface area contributed by atoms with Crippen molar-refractivity contribution in [3.05, 3.63) is 35.9 Å². The molecule has 5 nitrogen and oxygen atoms in total. The van der Waals surface area contributed by atoms with E-state index >= 15 is 0 Å². The number of amides is 2. The van der Waals surface area contributed by atoms with Crippen LogP contribution in [0.4, 0.5) is 0 Å². The van der Waals surface area contributed by atoms with E-state index in [1.807, 2.05) is 35.2 Å². The van der Waals surface area contributed by atoms with E-state index in [4.69, 9.17) is 0 Å². The van der Waals surface area contributed by atoms with Crippen molar-refractivity contribution in [1.29, 1.82) is 0 Å². The molecule has 0 radical (unpaired) electrons. The van der Waals surface area contributed by atoms with Gasteiger partial charge in [-0.1, -0.05) is 31.0 Å². The van der Waals surface area contributed by atoms with E-state index in [0.29, 0.717) is 11.5 Å². The van der Waals surface area contributed by atoms with Gasteiger partial charge in [-0.15, -0.1) is 12.4 Å². The van der Waals surface area contributed by atoms with E-state index in [2.05, 4.69) is 17.6 Å². The van der Waals surface area contributed by atoms with Gasteiger partial charge in [-0.2, -0.15) is 0 Å². The van der Waals surface area contributed by atoms with Crippen LogP contribution in [0.25, 0.3) is 0 Å². The number of piperidine rings is 1. The molecule has 5 unspecified atom stereocenters. The average Bonchev–Trinajstić information content (AvgIpc) is 3.09. The van der Waals surface area contributed by atoms with Gasteiger partial charge in [0.05, 0.1) is 0 Å². The normalized spacial score (nSPS) is 32.2. The number of carbonyl (C=O) groups is 2. The summed E-state index contributed by atoms with van der Waals surface area (Å²) in [6.45, 7) is 3.14. The third kappa shape index (κ3) is 4.20. The van der Waals surface area contributed by atoms with Gasteiger partial charge in [0.2, 0.25) is 5.91 Å². The van der Waals surface area contributed by atoms with Crippen LogP contribution in [0.15, 0.2) is 30.3 Å². The van der Waals surface area contributed by atoms with Crippen LogP contribution in [0.2, 0.25) is 0 Å². The first kappa shape index (κ1) is 21.1. The van der Waals surface area contributed by atoms with Crippen LogP contribution >= 0.6 is 12.4 Å². The molecule has 5 atom stereocenters. The number of hydrogen-bond acceptors (Lipinski definition) is 3. The van der Waals surface area contributed by atoms with Gasteiger partial charge in [-0.05, 0) is 63.6 Å². The molecule has 1 aliphatic carbocycles. The maximum atomic E-state index is 13.3. The molecule has 4 rings (SSSR count). The zero-order valence-electron chi connectivity index (χ0n) is 16.6. The minimum Gasteiger partial charge on any atom is -0.350 e. The SMILES string of the molecule is CC1NCCCC1NC(=O)C1CC2CCCCC2N1C(=O)c1ccccc1.Cl. The molecule has 3 aliphatic rings. The highest BCUT2D eigenvalue weighted by molar-refractivity contribution is 5.98. The van der Waals surface area contributed by atoms with Gasteiger partial charge in [0.1, 0.15) is 6.04 Å². The molecule has 28 heavy (non-hydrogen) atoms. The van der Waals surface area contributed by atoms with Crippen molar-refractivity contribution in [1.82, 2.24) is 15.5 Å². The quantitative estimate of drug-likeness (QED) is 0.812. The molecule has 2 amide bonds. The second kappa shape index (κ2) is 9.27. The van der Waals surface area contributed by atoms with E-state index < -0.39 is 0 Å². The Labute approximate surface area is 174 Å². The smallest absolute Gasteiger partial charge is 0.254 e. The van der Waals surface area contributed by atoms with Gasteiger partial charge < -0.3 is 15.5 Å². The van der Waals surface area contributed by atoms with Gasteiger partial charge in [0.15, 0.2) is 0 Å². The van der Waals surface area contributed by atoms with E-state index in [1.165, 1.54) is 6.42 Å². The summed E-state index contributed by atoms with van der Waals surface area (Å²) >= 11 is 0. The summed E-state index contributed by atoms with van der Waals surface area (Å²) in [5.74, 6) is 0.512. The number of carbonyl (C=O) groups excluding carboxylic acids is 2. The number of likely N-dealkylation sites (tertiary alicyclic amines) is 1. The number of nitrogens with zero attached hydrogens (tertiary/aromatic N) is 1. The standard InChI is InChI=1S/C22H31N3O2.ClH/c1-15-18(11-7-13-23-15)24-21(26)20-14-17-10-5-6-12-19(17)25(20)22(27)16-8-3-2-4-9-16;/h2-4,8-9,15,17-20,23H,5-7,10-14H2,1H3,(H,24,26);1H. The van der Waals surface area contributed by atoms with E-state index in [-0.39, 0.29) is 48.4 Å². The molecule has 6 heteroatoms. The topological polar surface area (TPSA) is 61.4 Å². The van der Waals surface area contributed by atoms with Crippen molar-refractivity contribution in [3.8, 4) is 0 Å². The third-order valence-electron chi connectivity index (χ3n) is 6.74. The van der Waals surface area contributed by atoms with Crippen LogP contribution < -0.4 is 10.6 Å². The molecule has 0 bridgehead atoms. The number of rotatable bonds is 3. The lowest BCUT2D eigenvalue weighted by atomic mass is 9.84. The summed E-state index contributed by atoms with van der Waals surface area (Å²) in [6.07, 6.45) is 7.42. The molecule has 0 aromatic heterocycles. The van der Waals surface area contributed by atoms with Crippen LogP contribution in [0.1, 0.15) is 62.2 Å². The summed E-state index contributed by atoms with van der Waals surface area (Å²) in [5, 5.41) is 6.70. The first-order chi connectivity index (χ1) is 13.1. The minimum atomic E-state index is -0.333. The minimum absolute atomic E-state index is 0. The number of fused-ring (bicyclic) bond motifs is 1. The van der Waals surface area contributed by atoms with Gasteiger partial charge in [-0.25, -0.2) is 0 Å². The monoisotopic (exact) mass is 405 g/mol. The van der Waals surface area contributed by atoms with Crippen molar-refractivity contribution in [2.24, 2.45) is 5.92 Å². The molecule has 2 heterocycles. The van der Waals surface area contributed by atoms with Crippen molar-refractivity contribution in [2.45, 2.75) is 76.0 Å². The van der Waals surface area contributed by atoms with Gasteiger partial charge >= 0.3 is 0 Å². The first-order valence-corrected chi connectivity index (χ1v) is 10.6. The fourth-order valence-corrected chi connectivity index (χ4v) is 5.24. The molecule has 0 spiro atoms. The highest BCUT2D eigenvalue weighted by Gasteiger charge is 2.47. The van der Waals surface area contributed by atoms with E-state index in [1.54, 1.807) is 0 Å². The van der Waals surface area contributed by atoms with Crippen LogP contribution in [-0.4, -0.2) is 47.4 Å². The van der Waals surface area contributed by atoms with Crippen molar-refractivity contribution < 1.29 is 9.59 Å². The molecule has 2 aliphatic heterocycles. The van der Waals surface area contributed by atoms with Crippen molar-refractivity contribution in [2.75, 3.05) is 6.54 Å². The van der Waals surface area contributed by atoms with E-state index in [9.17, 15) is 9.59 Å². The molecular weight excluding hydrogens is 374 g/mol. The Morgan fingerprint density at radius 1 is 1.07 bits per heavy atom. The van der Waals surface area contributed by atoms with Gasteiger partial charge in [-0.3, -0.25) is 9.59 Å². The van der Waals surface area contributed by atoms with Crippen LogP contribution in [0.3, 0.4) is 0 Å². The zero-order chi connectivity index (χ0) is 18.8. The third-order valence-corrected chi connectivity index (χ3v) is 6.74. The molecule has 154 valence electrons.